The summed E-state index contributed by atoms with van der Waals surface area (Å²) >= 11 is 0. The van der Waals surface area contributed by atoms with Gasteiger partial charge in [-0.15, -0.1) is 0 Å². The predicted molar refractivity (Wildman–Crippen MR) is 116 cm³/mol. The van der Waals surface area contributed by atoms with E-state index in [1.165, 1.54) is 11.0 Å². The summed E-state index contributed by atoms with van der Waals surface area (Å²) in [5.41, 5.74) is 5.18. The fourth-order valence-corrected chi connectivity index (χ4v) is 3.60. The molecule has 0 aliphatic heterocycles. The molecule has 1 aromatic heterocycles. The van der Waals surface area contributed by atoms with E-state index in [0.29, 0.717) is 18.8 Å². The average molecular weight is 369 g/mol. The SMILES string of the molecule is Bc1cccc(Cn2c(=N)n(CCCOc3ccccc3)c3ccccc32)c1. The smallest absolute Gasteiger partial charge is 0.203 e. The monoisotopic (exact) mass is 369 g/mol. The molecule has 4 nitrogen and oxygen atoms in total. The van der Waals surface area contributed by atoms with Crippen molar-refractivity contribution in [3.8, 4) is 5.75 Å². The van der Waals surface area contributed by atoms with Crippen molar-refractivity contribution >= 4 is 24.3 Å². The van der Waals surface area contributed by atoms with Crippen LogP contribution in [0.3, 0.4) is 0 Å². The molecule has 4 aromatic rings. The van der Waals surface area contributed by atoms with Crippen molar-refractivity contribution in [3.63, 3.8) is 0 Å². The maximum Gasteiger partial charge on any atom is 0.203 e. The molecule has 4 rings (SSSR count). The molecule has 3 aromatic carbocycles. The Kier molecular flexibility index (Phi) is 5.33. The molecular weight excluding hydrogens is 345 g/mol. The summed E-state index contributed by atoms with van der Waals surface area (Å²) < 4.78 is 9.98. The Morgan fingerprint density at radius 1 is 0.821 bits per heavy atom. The van der Waals surface area contributed by atoms with Crippen LogP contribution in [0.15, 0.2) is 78.9 Å². The first-order valence-corrected chi connectivity index (χ1v) is 9.68. The topological polar surface area (TPSA) is 42.9 Å². The van der Waals surface area contributed by atoms with E-state index in [1.54, 1.807) is 0 Å². The van der Waals surface area contributed by atoms with Crippen LogP contribution in [0.2, 0.25) is 0 Å². The highest BCUT2D eigenvalue weighted by Crippen LogP contribution is 2.15. The first-order chi connectivity index (χ1) is 13.7. The fourth-order valence-electron chi connectivity index (χ4n) is 3.60. The maximum atomic E-state index is 8.76. The van der Waals surface area contributed by atoms with Gasteiger partial charge in [0, 0.05) is 6.54 Å². The summed E-state index contributed by atoms with van der Waals surface area (Å²) in [6.45, 7) is 2.09. The van der Waals surface area contributed by atoms with Crippen LogP contribution in [-0.4, -0.2) is 23.6 Å². The highest BCUT2D eigenvalue weighted by Gasteiger charge is 2.11. The molecule has 0 fully saturated rings. The summed E-state index contributed by atoms with van der Waals surface area (Å²) in [7, 11) is 2.10. The molecule has 0 atom stereocenters. The molecule has 0 aliphatic rings. The van der Waals surface area contributed by atoms with Crippen LogP contribution in [-0.2, 0) is 13.1 Å². The average Bonchev–Trinajstić information content (AvgIpc) is 2.98. The van der Waals surface area contributed by atoms with Crippen LogP contribution >= 0.6 is 0 Å². The van der Waals surface area contributed by atoms with Crippen LogP contribution < -0.4 is 15.8 Å². The number of nitrogens with one attached hydrogen (secondary N) is 1. The summed E-state index contributed by atoms with van der Waals surface area (Å²) in [5, 5.41) is 8.76. The Morgan fingerprint density at radius 3 is 2.29 bits per heavy atom. The fraction of sp³-hybridized carbons (Fsp3) is 0.174. The molecule has 1 heterocycles. The molecular formula is C23H24BN3O. The Labute approximate surface area is 165 Å². The van der Waals surface area contributed by atoms with E-state index >= 15 is 0 Å². The van der Waals surface area contributed by atoms with Gasteiger partial charge < -0.3 is 13.9 Å². The third-order valence-corrected chi connectivity index (χ3v) is 4.94. The van der Waals surface area contributed by atoms with Crippen LogP contribution in [0.4, 0.5) is 0 Å². The van der Waals surface area contributed by atoms with E-state index in [1.807, 2.05) is 42.5 Å². The lowest BCUT2D eigenvalue weighted by Crippen LogP contribution is -2.26. The second-order valence-corrected chi connectivity index (χ2v) is 7.05. The Hall–Kier alpha value is -3.21. The summed E-state index contributed by atoms with van der Waals surface area (Å²) in [4.78, 5) is 0. The van der Waals surface area contributed by atoms with Crippen molar-refractivity contribution in [1.82, 2.24) is 9.13 Å². The first kappa shape index (κ1) is 18.2. The Bertz CT molecular complexity index is 1130. The van der Waals surface area contributed by atoms with Crippen LogP contribution in [0.1, 0.15) is 12.0 Å². The first-order valence-electron chi connectivity index (χ1n) is 9.68. The van der Waals surface area contributed by atoms with E-state index in [-0.39, 0.29) is 0 Å². The lowest BCUT2D eigenvalue weighted by molar-refractivity contribution is 0.301. The Morgan fingerprint density at radius 2 is 1.54 bits per heavy atom. The quantitative estimate of drug-likeness (QED) is 0.395. The van der Waals surface area contributed by atoms with Gasteiger partial charge in [0.25, 0.3) is 0 Å². The summed E-state index contributed by atoms with van der Waals surface area (Å²) in [5.74, 6) is 0.889. The zero-order chi connectivity index (χ0) is 19.3. The van der Waals surface area contributed by atoms with E-state index < -0.39 is 0 Å². The Balaban J connectivity index is 1.55. The predicted octanol–water partition coefficient (Wildman–Crippen LogP) is 2.70. The van der Waals surface area contributed by atoms with Crippen molar-refractivity contribution in [2.45, 2.75) is 19.5 Å². The number of hydrogen-bond donors (Lipinski definition) is 1. The molecule has 1 N–H and O–H groups in total. The zero-order valence-corrected chi connectivity index (χ0v) is 16.1. The number of aromatic nitrogens is 2. The van der Waals surface area contributed by atoms with Gasteiger partial charge >= 0.3 is 0 Å². The highest BCUT2D eigenvalue weighted by molar-refractivity contribution is 6.32. The van der Waals surface area contributed by atoms with Crippen molar-refractivity contribution in [2.24, 2.45) is 0 Å². The molecule has 28 heavy (non-hydrogen) atoms. The van der Waals surface area contributed by atoms with Gasteiger partial charge in [-0.3, -0.25) is 5.41 Å². The normalized spacial score (nSPS) is 11.0. The van der Waals surface area contributed by atoms with E-state index in [2.05, 4.69) is 53.4 Å². The molecule has 0 amide bonds. The number of aryl methyl sites for hydroxylation is 1. The lowest BCUT2D eigenvalue weighted by atomic mass is 9.94. The van der Waals surface area contributed by atoms with Gasteiger partial charge in [0.05, 0.1) is 24.2 Å². The summed E-state index contributed by atoms with van der Waals surface area (Å²) in [6, 6.07) is 26.6. The molecule has 0 spiro atoms. The van der Waals surface area contributed by atoms with Gasteiger partial charge in [-0.2, -0.15) is 0 Å². The lowest BCUT2D eigenvalue weighted by Gasteiger charge is -2.08. The molecule has 0 unspecified atom stereocenters. The van der Waals surface area contributed by atoms with E-state index in [0.717, 1.165) is 29.7 Å². The molecule has 0 aliphatic carbocycles. The van der Waals surface area contributed by atoms with Crippen molar-refractivity contribution in [3.05, 3.63) is 90.0 Å². The molecule has 0 bridgehead atoms. The van der Waals surface area contributed by atoms with Gasteiger partial charge in [0.1, 0.15) is 13.6 Å². The van der Waals surface area contributed by atoms with Gasteiger partial charge in [0.15, 0.2) is 0 Å². The number of nitrogens with zero attached hydrogens (tertiary/aromatic N) is 2. The number of imidazole rings is 1. The van der Waals surface area contributed by atoms with Crippen molar-refractivity contribution < 1.29 is 4.74 Å². The van der Waals surface area contributed by atoms with Gasteiger partial charge in [-0.25, -0.2) is 0 Å². The number of benzene rings is 3. The van der Waals surface area contributed by atoms with Crippen molar-refractivity contribution in [1.29, 1.82) is 5.41 Å². The van der Waals surface area contributed by atoms with Gasteiger partial charge in [-0.1, -0.05) is 60.1 Å². The van der Waals surface area contributed by atoms with Crippen LogP contribution in [0, 0.1) is 5.41 Å². The molecule has 5 heteroatoms. The third-order valence-electron chi connectivity index (χ3n) is 4.94. The minimum absolute atomic E-state index is 0.530. The number of rotatable bonds is 7. The summed E-state index contributed by atoms with van der Waals surface area (Å²) in [6.07, 6.45) is 0.851. The minimum Gasteiger partial charge on any atom is -0.494 e. The number of para-hydroxylation sites is 3. The zero-order valence-electron chi connectivity index (χ0n) is 16.1. The maximum absolute atomic E-state index is 8.76. The molecule has 0 saturated carbocycles. The highest BCUT2D eigenvalue weighted by atomic mass is 16.5. The number of fused-ring (bicyclic) bond motifs is 1. The second kappa shape index (κ2) is 8.22. The van der Waals surface area contributed by atoms with Crippen LogP contribution in [0.25, 0.3) is 11.0 Å². The molecule has 140 valence electrons. The van der Waals surface area contributed by atoms with E-state index in [9.17, 15) is 0 Å². The molecule has 0 saturated heterocycles. The third kappa shape index (κ3) is 3.88. The molecule has 0 radical (unpaired) electrons. The van der Waals surface area contributed by atoms with Gasteiger partial charge in [-0.05, 0) is 36.2 Å². The van der Waals surface area contributed by atoms with Crippen molar-refractivity contribution in [2.75, 3.05) is 6.61 Å². The minimum atomic E-state index is 0.530. The van der Waals surface area contributed by atoms with E-state index in [4.69, 9.17) is 10.1 Å². The number of ether oxygens (including phenoxy) is 1. The number of hydrogen-bond acceptors (Lipinski definition) is 2. The largest absolute Gasteiger partial charge is 0.494 e. The van der Waals surface area contributed by atoms with Gasteiger partial charge in [0.2, 0.25) is 5.62 Å². The second-order valence-electron chi connectivity index (χ2n) is 7.05. The van der Waals surface area contributed by atoms with Crippen LogP contribution in [0.5, 0.6) is 5.75 Å². The standard InChI is InChI=1S/C23H24BN3O/c24-19-9-6-8-18(16-19)17-27-22-13-5-4-12-21(22)26(23(27)25)14-7-15-28-20-10-2-1-3-11-20/h1-6,8-13,16,25H,7,14-15,17,24H2.